The molecule has 1 aliphatic rings. The maximum atomic E-state index is 12.8. The maximum absolute atomic E-state index is 12.8. The number of nitrogens with zero attached hydrogens (tertiary/aromatic N) is 4. The van der Waals surface area contributed by atoms with Gasteiger partial charge in [0.1, 0.15) is 11.9 Å². The summed E-state index contributed by atoms with van der Waals surface area (Å²) in [6, 6.07) is 7.56. The summed E-state index contributed by atoms with van der Waals surface area (Å²) in [5.74, 6) is 1.41. The van der Waals surface area contributed by atoms with Crippen LogP contribution in [0.4, 0.5) is 0 Å². The van der Waals surface area contributed by atoms with E-state index >= 15 is 0 Å². The molecule has 1 amide bonds. The van der Waals surface area contributed by atoms with Gasteiger partial charge in [-0.3, -0.25) is 4.79 Å². The summed E-state index contributed by atoms with van der Waals surface area (Å²) in [5, 5.41) is 0. The molecule has 7 heteroatoms. The van der Waals surface area contributed by atoms with E-state index in [1.165, 1.54) is 0 Å². The molecule has 1 aromatic carbocycles. The van der Waals surface area contributed by atoms with Crippen molar-refractivity contribution in [3.63, 3.8) is 0 Å². The van der Waals surface area contributed by atoms with Crippen molar-refractivity contribution >= 4 is 27.5 Å². The molecule has 0 atom stereocenters. The van der Waals surface area contributed by atoms with E-state index in [-0.39, 0.29) is 12.0 Å². The first-order valence-corrected chi connectivity index (χ1v) is 9.58. The van der Waals surface area contributed by atoms with Crippen LogP contribution in [0.2, 0.25) is 0 Å². The van der Waals surface area contributed by atoms with E-state index in [9.17, 15) is 4.79 Å². The second kappa shape index (κ2) is 6.99. The van der Waals surface area contributed by atoms with Crippen LogP contribution in [0.5, 0.6) is 5.88 Å². The van der Waals surface area contributed by atoms with E-state index in [1.807, 2.05) is 43.0 Å². The molecule has 2 aromatic heterocycles. The third-order valence-electron chi connectivity index (χ3n) is 4.54. The molecule has 0 aliphatic carbocycles. The van der Waals surface area contributed by atoms with Gasteiger partial charge in [0.15, 0.2) is 0 Å². The van der Waals surface area contributed by atoms with Gasteiger partial charge >= 0.3 is 0 Å². The summed E-state index contributed by atoms with van der Waals surface area (Å²) in [4.78, 5) is 27.5. The van der Waals surface area contributed by atoms with E-state index in [0.29, 0.717) is 24.8 Å². The molecular formula is C19H20N4O2S. The van der Waals surface area contributed by atoms with Crippen molar-refractivity contribution in [3.8, 4) is 5.88 Å². The third-order valence-corrected chi connectivity index (χ3v) is 5.33. The van der Waals surface area contributed by atoms with Crippen molar-refractivity contribution in [2.24, 2.45) is 0 Å². The summed E-state index contributed by atoms with van der Waals surface area (Å²) in [6.07, 6.45) is 1.68. The van der Waals surface area contributed by atoms with Gasteiger partial charge in [0, 0.05) is 43.3 Å². The predicted molar refractivity (Wildman–Crippen MR) is 101 cm³/mol. The number of ether oxygens (including phenoxy) is 1. The molecule has 1 saturated heterocycles. The van der Waals surface area contributed by atoms with Crippen LogP contribution in [-0.4, -0.2) is 45.0 Å². The molecule has 0 spiro atoms. The van der Waals surface area contributed by atoms with Crippen molar-refractivity contribution in [3.05, 3.63) is 46.9 Å². The lowest BCUT2D eigenvalue weighted by atomic mass is 10.1. The zero-order valence-electron chi connectivity index (χ0n) is 14.8. The quantitative estimate of drug-likeness (QED) is 0.709. The second-order valence-electron chi connectivity index (χ2n) is 6.54. The molecule has 26 heavy (non-hydrogen) atoms. The fourth-order valence-electron chi connectivity index (χ4n) is 3.26. The molecule has 0 radical (unpaired) electrons. The van der Waals surface area contributed by atoms with Crippen molar-refractivity contribution < 1.29 is 9.53 Å². The van der Waals surface area contributed by atoms with Crippen LogP contribution in [-0.2, 0) is 0 Å². The largest absolute Gasteiger partial charge is 0.474 e. The Balaban J connectivity index is 1.38. The summed E-state index contributed by atoms with van der Waals surface area (Å²) < 4.78 is 7.05. The predicted octanol–water partition coefficient (Wildman–Crippen LogP) is 3.39. The summed E-state index contributed by atoms with van der Waals surface area (Å²) in [5.41, 5.74) is 4.37. The number of hydrogen-bond acceptors (Lipinski definition) is 6. The van der Waals surface area contributed by atoms with Gasteiger partial charge < -0.3 is 9.64 Å². The molecule has 1 aliphatic heterocycles. The van der Waals surface area contributed by atoms with Crippen LogP contribution in [0.1, 0.15) is 34.7 Å². The van der Waals surface area contributed by atoms with E-state index in [4.69, 9.17) is 4.74 Å². The molecule has 0 N–H and O–H groups in total. The van der Waals surface area contributed by atoms with Gasteiger partial charge in [0.25, 0.3) is 5.91 Å². The number of carbonyl (C=O) groups is 1. The highest BCUT2D eigenvalue weighted by molar-refractivity contribution is 7.16. The van der Waals surface area contributed by atoms with Gasteiger partial charge in [-0.15, -0.1) is 11.3 Å². The minimum atomic E-state index is 0.0764. The summed E-state index contributed by atoms with van der Waals surface area (Å²) >= 11 is 1.56. The first-order valence-electron chi connectivity index (χ1n) is 8.70. The van der Waals surface area contributed by atoms with E-state index in [2.05, 4.69) is 15.0 Å². The van der Waals surface area contributed by atoms with Crippen LogP contribution < -0.4 is 4.74 Å². The molecule has 6 nitrogen and oxygen atoms in total. The molecule has 4 rings (SSSR count). The molecule has 0 unspecified atom stereocenters. The molecule has 0 saturated carbocycles. The molecule has 3 aromatic rings. The third kappa shape index (κ3) is 3.53. The number of rotatable bonds is 3. The minimum absolute atomic E-state index is 0.0764. The normalized spacial score (nSPS) is 15.4. The number of piperidine rings is 1. The van der Waals surface area contributed by atoms with Crippen molar-refractivity contribution in [2.45, 2.75) is 32.8 Å². The molecule has 1 fully saturated rings. The van der Waals surface area contributed by atoms with Crippen LogP contribution in [0.3, 0.4) is 0 Å². The van der Waals surface area contributed by atoms with Crippen LogP contribution in [0.25, 0.3) is 10.2 Å². The Morgan fingerprint density at radius 1 is 1.19 bits per heavy atom. The van der Waals surface area contributed by atoms with Crippen molar-refractivity contribution in [1.29, 1.82) is 0 Å². The van der Waals surface area contributed by atoms with E-state index < -0.39 is 0 Å². The number of hydrogen-bond donors (Lipinski definition) is 0. The smallest absolute Gasteiger partial charge is 0.253 e. The summed E-state index contributed by atoms with van der Waals surface area (Å²) in [6.45, 7) is 5.17. The van der Waals surface area contributed by atoms with E-state index in [1.54, 1.807) is 16.8 Å². The highest BCUT2D eigenvalue weighted by Crippen LogP contribution is 2.22. The Bertz CT molecular complexity index is 927. The highest BCUT2D eigenvalue weighted by Gasteiger charge is 2.25. The lowest BCUT2D eigenvalue weighted by Crippen LogP contribution is -2.41. The van der Waals surface area contributed by atoms with Crippen LogP contribution in [0.15, 0.2) is 29.8 Å². The monoisotopic (exact) mass is 368 g/mol. The van der Waals surface area contributed by atoms with Crippen molar-refractivity contribution in [1.82, 2.24) is 19.9 Å². The zero-order chi connectivity index (χ0) is 18.1. The number of carbonyl (C=O) groups excluding carboxylic acids is 1. The van der Waals surface area contributed by atoms with Gasteiger partial charge in [0.2, 0.25) is 5.88 Å². The second-order valence-corrected chi connectivity index (χ2v) is 7.43. The van der Waals surface area contributed by atoms with Crippen molar-refractivity contribution in [2.75, 3.05) is 13.1 Å². The number of fused-ring (bicyclic) bond motifs is 1. The number of likely N-dealkylation sites (tertiary alicyclic amines) is 1. The number of aryl methyl sites for hydroxylation is 2. The topological polar surface area (TPSA) is 68.2 Å². The molecule has 3 heterocycles. The minimum Gasteiger partial charge on any atom is -0.474 e. The Kier molecular flexibility index (Phi) is 4.55. The average molecular weight is 368 g/mol. The molecular weight excluding hydrogens is 348 g/mol. The molecule has 134 valence electrons. The number of benzene rings is 1. The first-order chi connectivity index (χ1) is 12.6. The number of amides is 1. The van der Waals surface area contributed by atoms with Crippen LogP contribution >= 0.6 is 11.3 Å². The highest BCUT2D eigenvalue weighted by atomic mass is 32.1. The fourth-order valence-corrected chi connectivity index (χ4v) is 3.98. The SMILES string of the molecule is Cc1cc(OC2CCN(C(=O)c3ccc4ncsc4c3)CC2)nc(C)n1. The van der Waals surface area contributed by atoms with Gasteiger partial charge in [-0.25, -0.2) is 9.97 Å². The van der Waals surface area contributed by atoms with Crippen LogP contribution in [0, 0.1) is 13.8 Å². The Labute approximate surface area is 155 Å². The lowest BCUT2D eigenvalue weighted by Gasteiger charge is -2.32. The van der Waals surface area contributed by atoms with Gasteiger partial charge in [-0.05, 0) is 32.0 Å². The summed E-state index contributed by atoms with van der Waals surface area (Å²) in [7, 11) is 0. The Morgan fingerprint density at radius 2 is 2.00 bits per heavy atom. The average Bonchev–Trinajstić information content (AvgIpc) is 3.08. The lowest BCUT2D eigenvalue weighted by molar-refractivity contribution is 0.0587. The first kappa shape index (κ1) is 16.9. The van der Waals surface area contributed by atoms with Gasteiger partial charge in [0.05, 0.1) is 15.7 Å². The zero-order valence-corrected chi connectivity index (χ0v) is 15.6. The molecule has 0 bridgehead atoms. The van der Waals surface area contributed by atoms with E-state index in [0.717, 1.165) is 34.3 Å². The van der Waals surface area contributed by atoms with Gasteiger partial charge in [-0.1, -0.05) is 0 Å². The maximum Gasteiger partial charge on any atom is 0.253 e. The Morgan fingerprint density at radius 3 is 2.77 bits per heavy atom. The standard InChI is InChI=1S/C19H20N4O2S/c1-12-9-18(22-13(2)21-12)25-15-5-7-23(8-6-15)19(24)14-3-4-16-17(10-14)26-11-20-16/h3-4,9-11,15H,5-8H2,1-2H3. The fraction of sp³-hybridized carbons (Fsp3) is 0.368. The number of aromatic nitrogens is 3. The Hall–Kier alpha value is -2.54. The van der Waals surface area contributed by atoms with Gasteiger partial charge in [-0.2, -0.15) is 4.98 Å². The number of thiazole rings is 1.